The molecule has 0 spiro atoms. The first-order valence-electron chi connectivity index (χ1n) is 7.14. The molecule has 2 atom stereocenters. The van der Waals surface area contributed by atoms with Gasteiger partial charge in [-0.1, -0.05) is 0 Å². The third kappa shape index (κ3) is 2.83. The predicted molar refractivity (Wildman–Crippen MR) is 73.4 cm³/mol. The number of nitrogens with zero attached hydrogens (tertiary/aromatic N) is 2. The highest BCUT2D eigenvalue weighted by Gasteiger charge is 2.41. The summed E-state index contributed by atoms with van der Waals surface area (Å²) < 4.78 is 0. The van der Waals surface area contributed by atoms with Crippen molar-refractivity contribution in [2.75, 3.05) is 34.2 Å². The third-order valence-electron chi connectivity index (χ3n) is 5.00. The quantitative estimate of drug-likeness (QED) is 0.803. The van der Waals surface area contributed by atoms with Gasteiger partial charge in [0.15, 0.2) is 0 Å². The molecule has 3 nitrogen and oxygen atoms in total. The van der Waals surface area contributed by atoms with Crippen molar-refractivity contribution in [3.8, 4) is 0 Å². The molecule has 2 aliphatic rings. The van der Waals surface area contributed by atoms with E-state index >= 15 is 0 Å². The zero-order valence-corrected chi connectivity index (χ0v) is 12.0. The van der Waals surface area contributed by atoms with E-state index in [1.165, 1.54) is 45.2 Å². The van der Waals surface area contributed by atoms with Crippen molar-refractivity contribution in [2.45, 2.75) is 56.7 Å². The number of likely N-dealkylation sites (N-methyl/N-ethyl adjacent to an activating group) is 2. The lowest BCUT2D eigenvalue weighted by atomic mass is 9.75. The lowest BCUT2D eigenvalue weighted by molar-refractivity contribution is 0.0102. The highest BCUT2D eigenvalue weighted by molar-refractivity contribution is 4.99. The Bertz CT molecular complexity index is 248. The van der Waals surface area contributed by atoms with E-state index in [0.717, 1.165) is 6.04 Å². The number of piperidine rings is 1. The van der Waals surface area contributed by atoms with Crippen LogP contribution in [-0.4, -0.2) is 61.7 Å². The molecule has 1 saturated heterocycles. The van der Waals surface area contributed by atoms with Gasteiger partial charge in [-0.25, -0.2) is 0 Å². The summed E-state index contributed by atoms with van der Waals surface area (Å²) in [5, 5.41) is 3.54. The average molecular weight is 239 g/mol. The molecule has 1 N–H and O–H groups in total. The topological polar surface area (TPSA) is 18.5 Å². The van der Waals surface area contributed by atoms with Crippen molar-refractivity contribution in [3.63, 3.8) is 0 Å². The van der Waals surface area contributed by atoms with Crippen LogP contribution in [0.5, 0.6) is 0 Å². The van der Waals surface area contributed by atoms with E-state index in [-0.39, 0.29) is 0 Å². The van der Waals surface area contributed by atoms with Crippen LogP contribution < -0.4 is 5.32 Å². The highest BCUT2D eigenvalue weighted by Crippen LogP contribution is 2.37. The number of hydrogen-bond acceptors (Lipinski definition) is 3. The maximum absolute atomic E-state index is 3.54. The van der Waals surface area contributed by atoms with Crippen molar-refractivity contribution in [2.24, 2.45) is 0 Å². The third-order valence-corrected chi connectivity index (χ3v) is 5.00. The Morgan fingerprint density at radius 1 is 1.24 bits per heavy atom. The Morgan fingerprint density at radius 3 is 2.41 bits per heavy atom. The molecule has 2 unspecified atom stereocenters. The van der Waals surface area contributed by atoms with Gasteiger partial charge in [-0.15, -0.1) is 0 Å². The molecule has 0 bridgehead atoms. The van der Waals surface area contributed by atoms with Crippen LogP contribution in [0.2, 0.25) is 0 Å². The van der Waals surface area contributed by atoms with Gasteiger partial charge in [0.25, 0.3) is 0 Å². The highest BCUT2D eigenvalue weighted by atomic mass is 15.2. The van der Waals surface area contributed by atoms with Crippen molar-refractivity contribution in [3.05, 3.63) is 0 Å². The minimum atomic E-state index is 0.475. The van der Waals surface area contributed by atoms with Crippen LogP contribution >= 0.6 is 0 Å². The first-order valence-corrected chi connectivity index (χ1v) is 7.14. The second-order valence-electron chi connectivity index (χ2n) is 6.42. The molecule has 1 heterocycles. The molecule has 0 aromatic rings. The van der Waals surface area contributed by atoms with E-state index in [4.69, 9.17) is 0 Å². The lowest BCUT2D eigenvalue weighted by Gasteiger charge is -2.51. The summed E-state index contributed by atoms with van der Waals surface area (Å²) in [5.74, 6) is 0. The maximum atomic E-state index is 3.54. The molecule has 3 heteroatoms. The number of hydrogen-bond donors (Lipinski definition) is 1. The molecular weight excluding hydrogens is 210 g/mol. The number of nitrogens with one attached hydrogen (secondary N) is 1. The van der Waals surface area contributed by atoms with Crippen LogP contribution in [0.1, 0.15) is 39.0 Å². The van der Waals surface area contributed by atoms with E-state index in [1.807, 2.05) is 0 Å². The largest absolute Gasteiger partial charge is 0.314 e. The molecule has 0 aromatic heterocycles. The molecule has 1 saturated carbocycles. The average Bonchev–Trinajstić information content (AvgIpc) is 2.22. The van der Waals surface area contributed by atoms with Crippen molar-refractivity contribution in [1.82, 2.24) is 15.1 Å². The van der Waals surface area contributed by atoms with Crippen LogP contribution in [0.4, 0.5) is 0 Å². The van der Waals surface area contributed by atoms with Gasteiger partial charge < -0.3 is 15.1 Å². The maximum Gasteiger partial charge on any atom is 0.0330 e. The zero-order chi connectivity index (χ0) is 12.5. The van der Waals surface area contributed by atoms with Crippen LogP contribution in [0.3, 0.4) is 0 Å². The Morgan fingerprint density at radius 2 is 1.94 bits per heavy atom. The molecule has 2 fully saturated rings. The van der Waals surface area contributed by atoms with Gasteiger partial charge >= 0.3 is 0 Å². The normalized spacial score (nSPS) is 32.8. The Labute approximate surface area is 107 Å². The molecule has 0 amide bonds. The second-order valence-corrected chi connectivity index (χ2v) is 6.42. The van der Waals surface area contributed by atoms with E-state index in [0.29, 0.717) is 11.6 Å². The minimum Gasteiger partial charge on any atom is -0.314 e. The van der Waals surface area contributed by atoms with E-state index < -0.39 is 0 Å². The van der Waals surface area contributed by atoms with Gasteiger partial charge in [-0.3, -0.25) is 0 Å². The smallest absolute Gasteiger partial charge is 0.0330 e. The van der Waals surface area contributed by atoms with Crippen molar-refractivity contribution in [1.29, 1.82) is 0 Å². The summed E-state index contributed by atoms with van der Waals surface area (Å²) in [6, 6.07) is 1.47. The molecule has 0 aromatic carbocycles. The Kier molecular flexibility index (Phi) is 4.11. The molecular formula is C14H29N3. The monoisotopic (exact) mass is 239 g/mol. The van der Waals surface area contributed by atoms with Gasteiger partial charge in [0.2, 0.25) is 0 Å². The van der Waals surface area contributed by atoms with Crippen LogP contribution in [0, 0.1) is 0 Å². The Balaban J connectivity index is 1.89. The minimum absolute atomic E-state index is 0.475. The van der Waals surface area contributed by atoms with Gasteiger partial charge in [0.1, 0.15) is 0 Å². The number of rotatable bonds is 4. The van der Waals surface area contributed by atoms with Crippen LogP contribution in [-0.2, 0) is 0 Å². The van der Waals surface area contributed by atoms with Gasteiger partial charge in [-0.05, 0) is 66.7 Å². The summed E-state index contributed by atoms with van der Waals surface area (Å²) in [6.07, 6.45) is 6.79. The summed E-state index contributed by atoms with van der Waals surface area (Å²) in [5.41, 5.74) is 0.475. The van der Waals surface area contributed by atoms with Gasteiger partial charge in [0.05, 0.1) is 0 Å². The Hall–Kier alpha value is -0.120. The molecule has 1 aliphatic heterocycles. The van der Waals surface area contributed by atoms with E-state index in [2.05, 4.69) is 43.2 Å². The van der Waals surface area contributed by atoms with Crippen LogP contribution in [0.15, 0.2) is 0 Å². The zero-order valence-electron chi connectivity index (χ0n) is 12.0. The molecule has 0 radical (unpaired) electrons. The molecule has 1 aliphatic carbocycles. The first-order chi connectivity index (χ1) is 8.03. The second kappa shape index (κ2) is 5.25. The molecule has 2 rings (SSSR count). The summed E-state index contributed by atoms with van der Waals surface area (Å²) in [6.45, 7) is 4.74. The molecule has 100 valence electrons. The fourth-order valence-electron chi connectivity index (χ4n) is 3.43. The summed E-state index contributed by atoms with van der Waals surface area (Å²) in [4.78, 5) is 5.08. The standard InChI is InChI=1S/C14H29N3/c1-12-10-13(6-9-15-12)17(4)11-14(16(2)3)7-5-8-14/h12-13,15H,5-11H2,1-4H3. The van der Waals surface area contributed by atoms with E-state index in [1.54, 1.807) is 0 Å². The fourth-order valence-corrected chi connectivity index (χ4v) is 3.43. The fraction of sp³-hybridized carbons (Fsp3) is 1.00. The van der Waals surface area contributed by atoms with Gasteiger partial charge in [0, 0.05) is 24.2 Å². The van der Waals surface area contributed by atoms with Gasteiger partial charge in [-0.2, -0.15) is 0 Å². The summed E-state index contributed by atoms with van der Waals surface area (Å²) >= 11 is 0. The van der Waals surface area contributed by atoms with E-state index in [9.17, 15) is 0 Å². The first kappa shape index (κ1) is 13.3. The molecule has 17 heavy (non-hydrogen) atoms. The predicted octanol–water partition coefficient (Wildman–Crippen LogP) is 1.54. The van der Waals surface area contributed by atoms with Crippen molar-refractivity contribution >= 4 is 0 Å². The van der Waals surface area contributed by atoms with Crippen LogP contribution in [0.25, 0.3) is 0 Å². The van der Waals surface area contributed by atoms with Crippen molar-refractivity contribution < 1.29 is 0 Å². The SMILES string of the molecule is CC1CC(N(C)CC2(N(C)C)CCC2)CCN1. The summed E-state index contributed by atoms with van der Waals surface area (Å²) in [7, 11) is 6.82. The lowest BCUT2D eigenvalue weighted by Crippen LogP contribution is -2.59.